The van der Waals surface area contributed by atoms with Gasteiger partial charge in [-0.3, -0.25) is 9.79 Å². The Kier molecular flexibility index (Phi) is 1.50. The number of nitrogens with one attached hydrogen (secondary N) is 2. The molecule has 3 aliphatic rings. The Hall–Kier alpha value is -1.58. The van der Waals surface area contributed by atoms with Crippen LogP contribution in [0.2, 0.25) is 0 Å². The van der Waals surface area contributed by atoms with E-state index in [2.05, 4.69) is 15.6 Å². The number of dihydropyridines is 1. The van der Waals surface area contributed by atoms with Gasteiger partial charge in [0.05, 0.1) is 5.92 Å². The molecule has 0 aromatic carbocycles. The lowest BCUT2D eigenvalue weighted by Crippen LogP contribution is -2.34. The van der Waals surface area contributed by atoms with Crippen LogP contribution in [0.25, 0.3) is 0 Å². The highest BCUT2D eigenvalue weighted by Gasteiger charge is 2.37. The zero-order chi connectivity index (χ0) is 9.54. The van der Waals surface area contributed by atoms with Crippen LogP contribution in [0.15, 0.2) is 28.4 Å². The van der Waals surface area contributed by atoms with Gasteiger partial charge in [-0.15, -0.1) is 0 Å². The molecule has 14 heavy (non-hydrogen) atoms. The van der Waals surface area contributed by atoms with E-state index in [1.165, 1.54) is 5.57 Å². The summed E-state index contributed by atoms with van der Waals surface area (Å²) >= 11 is 0. The van der Waals surface area contributed by atoms with Crippen molar-refractivity contribution in [3.05, 3.63) is 23.4 Å². The lowest BCUT2D eigenvalue weighted by atomic mass is 9.88. The Bertz CT molecular complexity index is 381. The summed E-state index contributed by atoms with van der Waals surface area (Å²) in [5.74, 6) is 0.223. The van der Waals surface area contributed by atoms with Crippen molar-refractivity contribution in [1.82, 2.24) is 10.6 Å². The van der Waals surface area contributed by atoms with Gasteiger partial charge in [0.2, 0.25) is 5.91 Å². The molecular weight excluding hydrogens is 178 g/mol. The summed E-state index contributed by atoms with van der Waals surface area (Å²) < 4.78 is 0. The molecule has 3 heterocycles. The summed E-state index contributed by atoms with van der Waals surface area (Å²) in [4.78, 5) is 16.0. The monoisotopic (exact) mass is 189 g/mol. The first kappa shape index (κ1) is 7.79. The third-order valence-corrected chi connectivity index (χ3v) is 2.95. The normalized spacial score (nSPS) is 33.6. The van der Waals surface area contributed by atoms with Gasteiger partial charge in [-0.1, -0.05) is 0 Å². The van der Waals surface area contributed by atoms with Crippen LogP contribution >= 0.6 is 0 Å². The van der Waals surface area contributed by atoms with Gasteiger partial charge in [0.15, 0.2) is 0 Å². The maximum Gasteiger partial charge on any atom is 0.248 e. The standard InChI is InChI=1S/C10H11N3O/c14-10-7-2-4-11-9-8(7)6(5-13-9)1-3-12-10/h2,4-5,8-9,13H,1,3H2,(H,12,14). The summed E-state index contributed by atoms with van der Waals surface area (Å²) in [7, 11) is 0. The average Bonchev–Trinajstić information content (AvgIpc) is 2.53. The second-order valence-corrected chi connectivity index (χ2v) is 3.73. The minimum absolute atomic E-state index is 0.0499. The molecule has 1 amide bonds. The van der Waals surface area contributed by atoms with Crippen LogP contribution in [-0.4, -0.2) is 24.8 Å². The second-order valence-electron chi connectivity index (χ2n) is 3.73. The molecule has 2 atom stereocenters. The first-order chi connectivity index (χ1) is 6.86. The summed E-state index contributed by atoms with van der Waals surface area (Å²) in [6.07, 6.45) is 6.51. The van der Waals surface area contributed by atoms with E-state index in [4.69, 9.17) is 0 Å². The maximum absolute atomic E-state index is 11.7. The highest BCUT2D eigenvalue weighted by atomic mass is 16.1. The molecule has 0 aromatic rings. The Morgan fingerprint density at radius 3 is 3.36 bits per heavy atom. The molecule has 72 valence electrons. The molecule has 0 radical (unpaired) electrons. The summed E-state index contributed by atoms with van der Waals surface area (Å²) in [5, 5.41) is 6.09. The number of rotatable bonds is 0. The number of amides is 1. The molecule has 4 nitrogen and oxygen atoms in total. The molecule has 3 rings (SSSR count). The fourth-order valence-electron chi connectivity index (χ4n) is 2.27. The molecule has 3 aliphatic heterocycles. The molecule has 2 N–H and O–H groups in total. The number of hydrogen-bond donors (Lipinski definition) is 2. The van der Waals surface area contributed by atoms with E-state index in [0.29, 0.717) is 0 Å². The fraction of sp³-hybridized carbons (Fsp3) is 0.400. The van der Waals surface area contributed by atoms with Crippen LogP contribution in [0.5, 0.6) is 0 Å². The van der Waals surface area contributed by atoms with Crippen LogP contribution in [-0.2, 0) is 4.79 Å². The zero-order valence-corrected chi connectivity index (χ0v) is 7.66. The van der Waals surface area contributed by atoms with Crippen LogP contribution < -0.4 is 10.6 Å². The van der Waals surface area contributed by atoms with Gasteiger partial charge in [0.25, 0.3) is 0 Å². The fourth-order valence-corrected chi connectivity index (χ4v) is 2.27. The summed E-state index contributed by atoms with van der Waals surface area (Å²) in [5.41, 5.74) is 2.13. The molecule has 0 spiro atoms. The van der Waals surface area contributed by atoms with Crippen molar-refractivity contribution >= 4 is 12.1 Å². The minimum atomic E-state index is 0.0499. The molecule has 4 heteroatoms. The van der Waals surface area contributed by atoms with E-state index in [1.54, 1.807) is 6.21 Å². The van der Waals surface area contributed by atoms with E-state index in [0.717, 1.165) is 18.5 Å². The van der Waals surface area contributed by atoms with Crippen LogP contribution in [0.4, 0.5) is 0 Å². The third kappa shape index (κ3) is 0.937. The maximum atomic E-state index is 11.7. The van der Waals surface area contributed by atoms with Gasteiger partial charge in [0.1, 0.15) is 6.17 Å². The van der Waals surface area contributed by atoms with Gasteiger partial charge >= 0.3 is 0 Å². The Balaban J connectivity index is 2.08. The summed E-state index contributed by atoms with van der Waals surface area (Å²) in [6.45, 7) is 0.729. The van der Waals surface area contributed by atoms with E-state index in [1.807, 2.05) is 12.3 Å². The molecule has 0 bridgehead atoms. The molecule has 1 saturated heterocycles. The van der Waals surface area contributed by atoms with Gasteiger partial charge in [-0.2, -0.15) is 0 Å². The van der Waals surface area contributed by atoms with Gasteiger partial charge < -0.3 is 10.6 Å². The topological polar surface area (TPSA) is 53.5 Å². The number of aliphatic imine (C=N–C) groups is 1. The largest absolute Gasteiger partial charge is 0.369 e. The SMILES string of the molecule is O=C1NCCC2=CNC3N=CC=C1C23. The van der Waals surface area contributed by atoms with Gasteiger partial charge in [-0.25, -0.2) is 0 Å². The molecular formula is C10H11N3O. The molecule has 2 unspecified atom stereocenters. The Morgan fingerprint density at radius 2 is 2.43 bits per heavy atom. The highest BCUT2D eigenvalue weighted by Crippen LogP contribution is 2.34. The number of carbonyl (C=O) groups is 1. The number of nitrogens with zero attached hydrogens (tertiary/aromatic N) is 1. The zero-order valence-electron chi connectivity index (χ0n) is 7.66. The van der Waals surface area contributed by atoms with Crippen molar-refractivity contribution < 1.29 is 4.79 Å². The Labute approximate surface area is 81.8 Å². The molecule has 0 aliphatic carbocycles. The van der Waals surface area contributed by atoms with Crippen molar-refractivity contribution in [2.24, 2.45) is 10.9 Å². The third-order valence-electron chi connectivity index (χ3n) is 2.95. The highest BCUT2D eigenvalue weighted by molar-refractivity contribution is 5.99. The quantitative estimate of drug-likeness (QED) is 0.561. The van der Waals surface area contributed by atoms with Crippen molar-refractivity contribution in [1.29, 1.82) is 0 Å². The lowest BCUT2D eigenvalue weighted by molar-refractivity contribution is -0.117. The predicted octanol–water partition coefficient (Wildman–Crippen LogP) is -0.0535. The first-order valence-electron chi connectivity index (χ1n) is 4.83. The minimum Gasteiger partial charge on any atom is -0.369 e. The van der Waals surface area contributed by atoms with Crippen LogP contribution in [0.1, 0.15) is 6.42 Å². The van der Waals surface area contributed by atoms with Crippen molar-refractivity contribution in [2.75, 3.05) is 6.54 Å². The van der Waals surface area contributed by atoms with Crippen LogP contribution in [0.3, 0.4) is 0 Å². The number of carbonyl (C=O) groups excluding carboxylic acids is 1. The second kappa shape index (κ2) is 2.70. The molecule has 1 fully saturated rings. The van der Waals surface area contributed by atoms with E-state index < -0.39 is 0 Å². The van der Waals surface area contributed by atoms with Crippen molar-refractivity contribution in [2.45, 2.75) is 12.6 Å². The average molecular weight is 189 g/mol. The van der Waals surface area contributed by atoms with E-state index in [-0.39, 0.29) is 18.0 Å². The van der Waals surface area contributed by atoms with E-state index in [9.17, 15) is 4.79 Å². The summed E-state index contributed by atoms with van der Waals surface area (Å²) in [6, 6.07) is 0. The van der Waals surface area contributed by atoms with E-state index >= 15 is 0 Å². The van der Waals surface area contributed by atoms with Crippen molar-refractivity contribution in [3.63, 3.8) is 0 Å². The Morgan fingerprint density at radius 1 is 1.50 bits per heavy atom. The van der Waals surface area contributed by atoms with Gasteiger partial charge in [0, 0.05) is 18.3 Å². The number of allylic oxidation sites excluding steroid dienone is 1. The molecule has 0 aromatic heterocycles. The molecule has 0 saturated carbocycles. The number of hydrogen-bond acceptors (Lipinski definition) is 3. The first-order valence-corrected chi connectivity index (χ1v) is 4.83. The van der Waals surface area contributed by atoms with Crippen molar-refractivity contribution in [3.8, 4) is 0 Å². The lowest BCUT2D eigenvalue weighted by Gasteiger charge is -2.21. The van der Waals surface area contributed by atoms with Gasteiger partial charge in [-0.05, 0) is 24.3 Å². The van der Waals surface area contributed by atoms with Crippen LogP contribution in [0, 0.1) is 5.92 Å². The predicted molar refractivity (Wildman–Crippen MR) is 52.7 cm³/mol. The smallest absolute Gasteiger partial charge is 0.248 e.